The minimum atomic E-state index is -3.61. The van der Waals surface area contributed by atoms with Gasteiger partial charge in [-0.1, -0.05) is 17.7 Å². The number of ether oxygens (including phenoxy) is 1. The highest BCUT2D eigenvalue weighted by molar-refractivity contribution is 7.89. The fourth-order valence-electron chi connectivity index (χ4n) is 2.30. The van der Waals surface area contributed by atoms with E-state index >= 15 is 0 Å². The average molecular weight is 391 g/mol. The summed E-state index contributed by atoms with van der Waals surface area (Å²) in [4.78, 5) is 12.4. The first-order chi connectivity index (χ1) is 12.5. The molecule has 0 aliphatic carbocycles. The van der Waals surface area contributed by atoms with Crippen molar-refractivity contribution in [1.29, 1.82) is 0 Å². The summed E-state index contributed by atoms with van der Waals surface area (Å²) < 4.78 is 32.8. The van der Waals surface area contributed by atoms with Gasteiger partial charge in [0.05, 0.1) is 4.90 Å². The van der Waals surface area contributed by atoms with Crippen LogP contribution < -0.4 is 14.8 Å². The van der Waals surface area contributed by atoms with Gasteiger partial charge in [0.15, 0.2) is 6.10 Å². The van der Waals surface area contributed by atoms with Crippen LogP contribution in [0.15, 0.2) is 53.4 Å². The number of carbonyl (C=O) groups is 1. The number of carbonyl (C=O) groups excluding carboxylic acids is 1. The summed E-state index contributed by atoms with van der Waals surface area (Å²) in [6.07, 6.45) is -0.696. The molecule has 7 heteroatoms. The van der Waals surface area contributed by atoms with Crippen LogP contribution in [0.3, 0.4) is 0 Å². The fraction of sp³-hybridized carbons (Fsp3) is 0.350. The third-order valence-electron chi connectivity index (χ3n) is 3.58. The summed E-state index contributed by atoms with van der Waals surface area (Å²) in [5.74, 6) is 0.289. The minimum Gasteiger partial charge on any atom is -0.481 e. The molecule has 146 valence electrons. The fourth-order valence-corrected chi connectivity index (χ4v) is 3.72. The number of benzene rings is 2. The summed E-state index contributed by atoms with van der Waals surface area (Å²) >= 11 is 0. The van der Waals surface area contributed by atoms with E-state index in [2.05, 4.69) is 10.0 Å². The van der Waals surface area contributed by atoms with Crippen LogP contribution in [-0.2, 0) is 14.8 Å². The molecule has 2 aromatic rings. The molecule has 2 rings (SSSR count). The van der Waals surface area contributed by atoms with Crippen LogP contribution >= 0.6 is 0 Å². The van der Waals surface area contributed by atoms with Crippen LogP contribution in [0, 0.1) is 6.92 Å². The Morgan fingerprint density at radius 1 is 1.00 bits per heavy atom. The molecule has 0 bridgehead atoms. The average Bonchev–Trinajstić information content (AvgIpc) is 2.55. The molecule has 0 radical (unpaired) electrons. The number of aryl methyl sites for hydroxylation is 1. The smallest absolute Gasteiger partial charge is 0.265 e. The maximum Gasteiger partial charge on any atom is 0.265 e. The molecule has 0 aliphatic rings. The zero-order valence-electron chi connectivity index (χ0n) is 16.2. The molecule has 2 aromatic carbocycles. The highest BCUT2D eigenvalue weighted by Crippen LogP contribution is 2.18. The van der Waals surface area contributed by atoms with Gasteiger partial charge in [-0.15, -0.1) is 0 Å². The van der Waals surface area contributed by atoms with Crippen LogP contribution in [0.5, 0.6) is 5.75 Å². The van der Waals surface area contributed by atoms with E-state index in [1.54, 1.807) is 52.0 Å². The maximum atomic E-state index is 12.3. The van der Waals surface area contributed by atoms with Gasteiger partial charge in [-0.05, 0) is 71.0 Å². The summed E-state index contributed by atoms with van der Waals surface area (Å²) in [6.45, 7) is 8.94. The van der Waals surface area contributed by atoms with Crippen molar-refractivity contribution in [3.8, 4) is 5.75 Å². The first kappa shape index (κ1) is 20.9. The number of anilines is 1. The second kappa shape index (κ2) is 8.10. The van der Waals surface area contributed by atoms with Crippen LogP contribution in [-0.4, -0.2) is 26.0 Å². The number of sulfonamides is 1. The quantitative estimate of drug-likeness (QED) is 0.791. The lowest BCUT2D eigenvalue weighted by molar-refractivity contribution is -0.122. The molecule has 1 atom stereocenters. The summed E-state index contributed by atoms with van der Waals surface area (Å²) in [7, 11) is -3.61. The van der Waals surface area contributed by atoms with Crippen molar-refractivity contribution in [3.63, 3.8) is 0 Å². The Morgan fingerprint density at radius 2 is 1.56 bits per heavy atom. The first-order valence-corrected chi connectivity index (χ1v) is 10.1. The highest BCUT2D eigenvalue weighted by atomic mass is 32.2. The Balaban J connectivity index is 2.01. The molecular weight excluding hydrogens is 364 g/mol. The zero-order valence-corrected chi connectivity index (χ0v) is 17.1. The van der Waals surface area contributed by atoms with E-state index in [9.17, 15) is 13.2 Å². The van der Waals surface area contributed by atoms with Crippen molar-refractivity contribution in [2.24, 2.45) is 0 Å². The second-order valence-corrected chi connectivity index (χ2v) is 9.12. The van der Waals surface area contributed by atoms with Gasteiger partial charge in [-0.3, -0.25) is 4.79 Å². The molecule has 27 heavy (non-hydrogen) atoms. The lowest BCUT2D eigenvalue weighted by Crippen LogP contribution is -2.40. The molecular formula is C20H26N2O4S. The van der Waals surface area contributed by atoms with Gasteiger partial charge in [0.1, 0.15) is 5.75 Å². The molecule has 0 fully saturated rings. The van der Waals surface area contributed by atoms with Crippen LogP contribution in [0.1, 0.15) is 33.3 Å². The highest BCUT2D eigenvalue weighted by Gasteiger charge is 2.22. The van der Waals surface area contributed by atoms with Crippen molar-refractivity contribution in [2.45, 2.75) is 51.2 Å². The van der Waals surface area contributed by atoms with Crippen LogP contribution in [0.2, 0.25) is 0 Å². The van der Waals surface area contributed by atoms with Gasteiger partial charge in [-0.25, -0.2) is 13.1 Å². The van der Waals surface area contributed by atoms with Crippen LogP contribution in [0.4, 0.5) is 5.69 Å². The normalized spacial score (nSPS) is 13.1. The Morgan fingerprint density at radius 3 is 2.07 bits per heavy atom. The summed E-state index contributed by atoms with van der Waals surface area (Å²) in [5, 5.41) is 2.72. The standard InChI is InChI=1S/C20H26N2O4S/c1-14-6-10-17(11-7-14)26-15(2)19(23)21-16-8-12-18(13-9-16)27(24,25)22-20(3,4)5/h6-13,15,22H,1-5H3,(H,21,23)/t15-/m0/s1. The number of hydrogen-bond acceptors (Lipinski definition) is 4. The van der Waals surface area contributed by atoms with E-state index in [0.717, 1.165) is 5.56 Å². The van der Waals surface area contributed by atoms with E-state index in [1.807, 2.05) is 19.1 Å². The van der Waals surface area contributed by atoms with Gasteiger partial charge < -0.3 is 10.1 Å². The number of rotatable bonds is 6. The van der Waals surface area contributed by atoms with Crippen molar-refractivity contribution >= 4 is 21.6 Å². The predicted octanol–water partition coefficient (Wildman–Crippen LogP) is 3.48. The Bertz CT molecular complexity index is 883. The molecule has 0 aliphatic heterocycles. The Hall–Kier alpha value is -2.38. The minimum absolute atomic E-state index is 0.138. The molecule has 0 spiro atoms. The molecule has 2 N–H and O–H groups in total. The lowest BCUT2D eigenvalue weighted by Gasteiger charge is -2.20. The van der Waals surface area contributed by atoms with Crippen LogP contribution in [0.25, 0.3) is 0 Å². The molecule has 0 saturated heterocycles. The molecule has 0 aromatic heterocycles. The summed E-state index contributed by atoms with van der Waals surface area (Å²) in [6, 6.07) is 13.4. The van der Waals surface area contributed by atoms with E-state index in [4.69, 9.17) is 4.74 Å². The monoisotopic (exact) mass is 390 g/mol. The number of hydrogen-bond donors (Lipinski definition) is 2. The van der Waals surface area contributed by atoms with Crippen molar-refractivity contribution in [1.82, 2.24) is 4.72 Å². The lowest BCUT2D eigenvalue weighted by atomic mass is 10.1. The van der Waals surface area contributed by atoms with Gasteiger partial charge >= 0.3 is 0 Å². The SMILES string of the molecule is Cc1ccc(O[C@@H](C)C(=O)Nc2ccc(S(=O)(=O)NC(C)(C)C)cc2)cc1. The van der Waals surface area contributed by atoms with Gasteiger partial charge in [-0.2, -0.15) is 0 Å². The topological polar surface area (TPSA) is 84.5 Å². The van der Waals surface area contributed by atoms with Gasteiger partial charge in [0.2, 0.25) is 10.0 Å². The summed E-state index contributed by atoms with van der Waals surface area (Å²) in [5.41, 5.74) is 1.03. The maximum absolute atomic E-state index is 12.3. The number of amides is 1. The van der Waals surface area contributed by atoms with E-state index in [-0.39, 0.29) is 10.8 Å². The van der Waals surface area contributed by atoms with Crippen molar-refractivity contribution in [2.75, 3.05) is 5.32 Å². The Labute approximate surface area is 161 Å². The third kappa shape index (κ3) is 6.37. The van der Waals surface area contributed by atoms with Crippen molar-refractivity contribution in [3.05, 3.63) is 54.1 Å². The zero-order chi connectivity index (χ0) is 20.2. The van der Waals surface area contributed by atoms with Gasteiger partial charge in [0, 0.05) is 11.2 Å². The molecule has 1 amide bonds. The molecule has 0 saturated carbocycles. The van der Waals surface area contributed by atoms with E-state index < -0.39 is 21.7 Å². The largest absolute Gasteiger partial charge is 0.481 e. The van der Waals surface area contributed by atoms with Crippen molar-refractivity contribution < 1.29 is 17.9 Å². The molecule has 6 nitrogen and oxygen atoms in total. The first-order valence-electron chi connectivity index (χ1n) is 8.64. The molecule has 0 heterocycles. The number of nitrogens with one attached hydrogen (secondary N) is 2. The predicted molar refractivity (Wildman–Crippen MR) is 106 cm³/mol. The third-order valence-corrected chi connectivity index (χ3v) is 5.35. The van der Waals surface area contributed by atoms with E-state index in [0.29, 0.717) is 11.4 Å². The van der Waals surface area contributed by atoms with E-state index in [1.165, 1.54) is 12.1 Å². The second-order valence-electron chi connectivity index (χ2n) is 7.44. The Kier molecular flexibility index (Phi) is 6.28. The molecule has 0 unspecified atom stereocenters. The van der Waals surface area contributed by atoms with Gasteiger partial charge in [0.25, 0.3) is 5.91 Å².